The number of amides is 1. The van der Waals surface area contributed by atoms with Gasteiger partial charge in [-0.1, -0.05) is 18.2 Å². The molecule has 1 saturated carbocycles. The van der Waals surface area contributed by atoms with Gasteiger partial charge in [-0.05, 0) is 79.6 Å². The number of hydrogen-bond acceptors (Lipinski definition) is 7. The minimum absolute atomic E-state index is 0.0109. The SMILES string of the molecule is CNC(=O)c1c(-c2ccc(Oc3ccccc3)cc2)oc2nc(CS(=O)(=O)NCCCCC(=O)O)c(C3CC3)cc12. The second kappa shape index (κ2) is 12.1. The van der Waals surface area contributed by atoms with Gasteiger partial charge in [-0.15, -0.1) is 0 Å². The normalized spacial score (nSPS) is 13.3. The molecule has 2 aromatic heterocycles. The number of hydrogen-bond donors (Lipinski definition) is 3. The van der Waals surface area contributed by atoms with Crippen LogP contribution in [0.2, 0.25) is 0 Å². The first-order valence-electron chi connectivity index (χ1n) is 13.4. The van der Waals surface area contributed by atoms with Crippen LogP contribution >= 0.6 is 0 Å². The van der Waals surface area contributed by atoms with Crippen LogP contribution in [0.25, 0.3) is 22.4 Å². The topological polar surface area (TPSA) is 148 Å². The number of carbonyl (C=O) groups is 2. The Kier molecular flexibility index (Phi) is 8.36. The smallest absolute Gasteiger partial charge is 0.303 e. The van der Waals surface area contributed by atoms with E-state index in [9.17, 15) is 18.0 Å². The van der Waals surface area contributed by atoms with Crippen molar-refractivity contribution in [1.82, 2.24) is 15.0 Å². The predicted octanol–water partition coefficient (Wildman–Crippen LogP) is 5.20. The van der Waals surface area contributed by atoms with Gasteiger partial charge in [-0.25, -0.2) is 18.1 Å². The molecule has 11 heteroatoms. The highest BCUT2D eigenvalue weighted by atomic mass is 32.2. The Morgan fingerprint density at radius 1 is 1.05 bits per heavy atom. The summed E-state index contributed by atoms with van der Waals surface area (Å²) in [5.41, 5.74) is 2.33. The molecule has 5 rings (SSSR count). The third-order valence-electron chi connectivity index (χ3n) is 6.83. The number of furan rings is 1. The summed E-state index contributed by atoms with van der Waals surface area (Å²) in [4.78, 5) is 28.4. The highest BCUT2D eigenvalue weighted by molar-refractivity contribution is 7.88. The monoisotopic (exact) mass is 577 g/mol. The van der Waals surface area contributed by atoms with Gasteiger partial charge in [0.2, 0.25) is 15.7 Å². The maximum atomic E-state index is 13.0. The molecule has 1 amide bonds. The van der Waals surface area contributed by atoms with Gasteiger partial charge in [0.25, 0.3) is 5.91 Å². The zero-order chi connectivity index (χ0) is 29.0. The molecule has 214 valence electrons. The molecule has 3 N–H and O–H groups in total. The van der Waals surface area contributed by atoms with Crippen LogP contribution in [0.15, 0.2) is 65.1 Å². The van der Waals surface area contributed by atoms with E-state index in [-0.39, 0.29) is 36.3 Å². The lowest BCUT2D eigenvalue weighted by atomic mass is 10.0. The van der Waals surface area contributed by atoms with Crippen molar-refractivity contribution in [1.29, 1.82) is 0 Å². The number of fused-ring (bicyclic) bond motifs is 1. The quantitative estimate of drug-likeness (QED) is 0.184. The van der Waals surface area contributed by atoms with Crippen molar-refractivity contribution in [2.45, 2.75) is 43.8 Å². The largest absolute Gasteiger partial charge is 0.481 e. The molecule has 0 radical (unpaired) electrons. The van der Waals surface area contributed by atoms with Crippen molar-refractivity contribution in [2.24, 2.45) is 0 Å². The Balaban J connectivity index is 1.45. The molecule has 4 aromatic rings. The number of para-hydroxylation sites is 1. The van der Waals surface area contributed by atoms with Gasteiger partial charge in [0.05, 0.1) is 16.6 Å². The van der Waals surface area contributed by atoms with Crippen LogP contribution in [-0.2, 0) is 20.6 Å². The maximum Gasteiger partial charge on any atom is 0.303 e. The highest BCUT2D eigenvalue weighted by Crippen LogP contribution is 2.44. The number of unbranched alkanes of at least 4 members (excludes halogenated alkanes) is 1. The summed E-state index contributed by atoms with van der Waals surface area (Å²) >= 11 is 0. The Hall–Kier alpha value is -4.22. The van der Waals surface area contributed by atoms with E-state index in [1.807, 2.05) is 36.4 Å². The zero-order valence-electron chi connectivity index (χ0n) is 22.6. The van der Waals surface area contributed by atoms with E-state index in [4.69, 9.17) is 14.3 Å². The third kappa shape index (κ3) is 6.93. The zero-order valence-corrected chi connectivity index (χ0v) is 23.4. The fourth-order valence-electron chi connectivity index (χ4n) is 4.65. The van der Waals surface area contributed by atoms with Gasteiger partial charge in [0.1, 0.15) is 23.0 Å². The van der Waals surface area contributed by atoms with Gasteiger partial charge in [0.15, 0.2) is 0 Å². The summed E-state index contributed by atoms with van der Waals surface area (Å²) in [7, 11) is -2.19. The van der Waals surface area contributed by atoms with E-state index in [2.05, 4.69) is 15.0 Å². The number of benzene rings is 2. The molecule has 1 aliphatic carbocycles. The number of nitrogens with one attached hydrogen (secondary N) is 2. The lowest BCUT2D eigenvalue weighted by molar-refractivity contribution is -0.137. The fourth-order valence-corrected chi connectivity index (χ4v) is 5.80. The molecule has 2 heterocycles. The minimum atomic E-state index is -3.73. The molecule has 2 aromatic carbocycles. The standard InChI is InChI=1S/C30H31N3O7S/c1-31-29(36)27-24-17-23(19-10-11-19)25(18-41(37,38)32-16-6-5-9-26(34)35)33-30(24)40-28(27)20-12-14-22(15-13-20)39-21-7-3-2-4-8-21/h2-4,7-8,12-15,17,19,32H,5-6,9-11,16,18H2,1H3,(H,31,36)(H,34,35). The van der Waals surface area contributed by atoms with Gasteiger partial charge in [0, 0.05) is 25.6 Å². The number of ether oxygens (including phenoxy) is 1. The predicted molar refractivity (Wildman–Crippen MR) is 153 cm³/mol. The molecule has 10 nitrogen and oxygen atoms in total. The van der Waals surface area contributed by atoms with Gasteiger partial charge < -0.3 is 19.6 Å². The van der Waals surface area contributed by atoms with Crippen molar-refractivity contribution >= 4 is 33.0 Å². The average Bonchev–Trinajstić information content (AvgIpc) is 3.73. The van der Waals surface area contributed by atoms with Crippen molar-refractivity contribution < 1.29 is 32.3 Å². The van der Waals surface area contributed by atoms with Crippen molar-refractivity contribution in [3.05, 3.63) is 77.5 Å². The Labute approximate surface area is 237 Å². The molecular weight excluding hydrogens is 546 g/mol. The number of pyridine rings is 1. The molecule has 1 fully saturated rings. The molecule has 0 spiro atoms. The maximum absolute atomic E-state index is 13.0. The summed E-state index contributed by atoms with van der Waals surface area (Å²) in [6.07, 6.45) is 2.60. The van der Waals surface area contributed by atoms with E-state index in [1.54, 1.807) is 31.3 Å². The van der Waals surface area contributed by atoms with Crippen LogP contribution in [0.3, 0.4) is 0 Å². The van der Waals surface area contributed by atoms with E-state index in [1.165, 1.54) is 0 Å². The molecule has 41 heavy (non-hydrogen) atoms. The second-order valence-electron chi connectivity index (χ2n) is 9.98. The van der Waals surface area contributed by atoms with Gasteiger partial charge in [-0.2, -0.15) is 0 Å². The van der Waals surface area contributed by atoms with Crippen LogP contribution in [-0.4, -0.2) is 44.0 Å². The van der Waals surface area contributed by atoms with Crippen LogP contribution < -0.4 is 14.8 Å². The first kappa shape index (κ1) is 28.3. The Bertz CT molecular complexity index is 1660. The Morgan fingerprint density at radius 2 is 1.76 bits per heavy atom. The van der Waals surface area contributed by atoms with Crippen molar-refractivity contribution in [3.63, 3.8) is 0 Å². The fraction of sp³-hybridized carbons (Fsp3) is 0.300. The van der Waals surface area contributed by atoms with Crippen LogP contribution in [0, 0.1) is 0 Å². The molecule has 1 aliphatic rings. The summed E-state index contributed by atoms with van der Waals surface area (Å²) < 4.78 is 40.3. The number of aromatic nitrogens is 1. The third-order valence-corrected chi connectivity index (χ3v) is 8.13. The van der Waals surface area contributed by atoms with Crippen LogP contribution in [0.4, 0.5) is 0 Å². The lowest BCUT2D eigenvalue weighted by Gasteiger charge is -2.10. The van der Waals surface area contributed by atoms with Gasteiger partial charge >= 0.3 is 5.97 Å². The van der Waals surface area contributed by atoms with Gasteiger partial charge in [-0.3, -0.25) is 9.59 Å². The summed E-state index contributed by atoms with van der Waals surface area (Å²) in [6.45, 7) is 0.145. The number of carbonyl (C=O) groups excluding carboxylic acids is 1. The number of nitrogens with zero attached hydrogens (tertiary/aromatic N) is 1. The molecular formula is C30H31N3O7S. The summed E-state index contributed by atoms with van der Waals surface area (Å²) in [5.74, 6) is 0.221. The number of carboxylic acid groups (broad SMARTS) is 1. The number of sulfonamides is 1. The van der Waals surface area contributed by atoms with E-state index in [0.717, 1.165) is 18.4 Å². The van der Waals surface area contributed by atoms with Crippen LogP contribution in [0.1, 0.15) is 59.6 Å². The molecule has 0 unspecified atom stereocenters. The van der Waals surface area contributed by atoms with Crippen molar-refractivity contribution in [3.8, 4) is 22.8 Å². The average molecular weight is 578 g/mol. The molecule has 0 atom stereocenters. The van der Waals surface area contributed by atoms with E-state index in [0.29, 0.717) is 52.3 Å². The van der Waals surface area contributed by atoms with Crippen LogP contribution in [0.5, 0.6) is 11.5 Å². The highest BCUT2D eigenvalue weighted by Gasteiger charge is 2.32. The summed E-state index contributed by atoms with van der Waals surface area (Å²) in [5, 5.41) is 12.0. The number of rotatable bonds is 13. The first-order chi connectivity index (χ1) is 19.7. The lowest BCUT2D eigenvalue weighted by Crippen LogP contribution is -2.27. The molecule has 0 aliphatic heterocycles. The summed E-state index contributed by atoms with van der Waals surface area (Å²) in [6, 6.07) is 18.4. The Morgan fingerprint density at radius 3 is 2.41 bits per heavy atom. The van der Waals surface area contributed by atoms with Crippen molar-refractivity contribution in [2.75, 3.05) is 13.6 Å². The minimum Gasteiger partial charge on any atom is -0.481 e. The second-order valence-corrected chi connectivity index (χ2v) is 11.8. The van der Waals surface area contributed by atoms with E-state index < -0.39 is 16.0 Å². The molecule has 0 bridgehead atoms. The number of carboxylic acids is 1. The first-order valence-corrected chi connectivity index (χ1v) is 15.1. The molecule has 0 saturated heterocycles. The van der Waals surface area contributed by atoms with E-state index >= 15 is 0 Å². The number of aliphatic carboxylic acids is 1.